The second kappa shape index (κ2) is 6.80. The predicted molar refractivity (Wildman–Crippen MR) is 98.2 cm³/mol. The Morgan fingerprint density at radius 3 is 1.91 bits per heavy atom. The standard InChI is InChI=1S/C22H23N/c1-2-16-22(23,20-13-7-4-8-14-20)21-15-9-12-19(17-21)18-10-5-3-6-11-18/h3-15,17H,2,16,23H2,1H3. The largest absolute Gasteiger partial charge is 0.318 e. The molecule has 1 unspecified atom stereocenters. The van der Waals surface area contributed by atoms with E-state index in [1.807, 2.05) is 12.1 Å². The highest BCUT2D eigenvalue weighted by Gasteiger charge is 2.28. The van der Waals surface area contributed by atoms with Crippen molar-refractivity contribution in [2.75, 3.05) is 0 Å². The third-order valence-corrected chi connectivity index (χ3v) is 4.42. The van der Waals surface area contributed by atoms with Crippen LogP contribution in [0.5, 0.6) is 0 Å². The van der Waals surface area contributed by atoms with E-state index in [4.69, 9.17) is 5.73 Å². The van der Waals surface area contributed by atoms with Gasteiger partial charge in [0.05, 0.1) is 5.54 Å². The summed E-state index contributed by atoms with van der Waals surface area (Å²) in [5.74, 6) is 0. The molecule has 3 aromatic carbocycles. The topological polar surface area (TPSA) is 26.0 Å². The van der Waals surface area contributed by atoms with Crippen LogP contribution in [-0.4, -0.2) is 0 Å². The fourth-order valence-electron chi connectivity index (χ4n) is 3.19. The highest BCUT2D eigenvalue weighted by Crippen LogP contribution is 2.33. The van der Waals surface area contributed by atoms with Crippen molar-refractivity contribution in [3.05, 3.63) is 96.1 Å². The molecule has 116 valence electrons. The van der Waals surface area contributed by atoms with Gasteiger partial charge in [0.2, 0.25) is 0 Å². The lowest BCUT2D eigenvalue weighted by Crippen LogP contribution is -2.37. The molecule has 23 heavy (non-hydrogen) atoms. The lowest BCUT2D eigenvalue weighted by atomic mass is 9.79. The Kier molecular flexibility index (Phi) is 4.59. The van der Waals surface area contributed by atoms with Crippen LogP contribution in [0.3, 0.4) is 0 Å². The van der Waals surface area contributed by atoms with Gasteiger partial charge in [-0.05, 0) is 34.7 Å². The van der Waals surface area contributed by atoms with Gasteiger partial charge in [-0.15, -0.1) is 0 Å². The smallest absolute Gasteiger partial charge is 0.0665 e. The van der Waals surface area contributed by atoms with Crippen molar-refractivity contribution in [3.63, 3.8) is 0 Å². The molecule has 0 spiro atoms. The van der Waals surface area contributed by atoms with E-state index in [-0.39, 0.29) is 0 Å². The summed E-state index contributed by atoms with van der Waals surface area (Å²) in [6.45, 7) is 2.19. The van der Waals surface area contributed by atoms with Gasteiger partial charge in [-0.1, -0.05) is 92.2 Å². The first-order chi connectivity index (χ1) is 11.2. The van der Waals surface area contributed by atoms with Crippen LogP contribution < -0.4 is 5.73 Å². The molecule has 0 aromatic heterocycles. The molecule has 3 rings (SSSR count). The van der Waals surface area contributed by atoms with Crippen molar-refractivity contribution in [2.45, 2.75) is 25.3 Å². The third kappa shape index (κ3) is 3.20. The molecule has 0 bridgehead atoms. The maximum Gasteiger partial charge on any atom is 0.0665 e. The zero-order valence-electron chi connectivity index (χ0n) is 13.6. The van der Waals surface area contributed by atoms with E-state index >= 15 is 0 Å². The van der Waals surface area contributed by atoms with Crippen LogP contribution in [0.1, 0.15) is 30.9 Å². The molecule has 0 heterocycles. The SMILES string of the molecule is CCCC(N)(c1ccccc1)c1cccc(-c2ccccc2)c1. The molecule has 0 radical (unpaired) electrons. The van der Waals surface area contributed by atoms with Crippen LogP contribution in [0.2, 0.25) is 0 Å². The molecule has 0 fully saturated rings. The van der Waals surface area contributed by atoms with Crippen LogP contribution in [0.25, 0.3) is 11.1 Å². The van der Waals surface area contributed by atoms with Crippen LogP contribution in [0, 0.1) is 0 Å². The first-order valence-electron chi connectivity index (χ1n) is 8.24. The van der Waals surface area contributed by atoms with Crippen molar-refractivity contribution in [1.82, 2.24) is 0 Å². The van der Waals surface area contributed by atoms with Gasteiger partial charge >= 0.3 is 0 Å². The lowest BCUT2D eigenvalue weighted by molar-refractivity contribution is 0.485. The Morgan fingerprint density at radius 1 is 0.696 bits per heavy atom. The molecular weight excluding hydrogens is 278 g/mol. The van der Waals surface area contributed by atoms with Gasteiger partial charge in [-0.2, -0.15) is 0 Å². The van der Waals surface area contributed by atoms with E-state index in [1.54, 1.807) is 0 Å². The van der Waals surface area contributed by atoms with E-state index < -0.39 is 5.54 Å². The molecule has 0 saturated carbocycles. The minimum atomic E-state index is -0.444. The minimum Gasteiger partial charge on any atom is -0.318 e. The second-order valence-electron chi connectivity index (χ2n) is 6.03. The van der Waals surface area contributed by atoms with Gasteiger partial charge in [-0.3, -0.25) is 0 Å². The van der Waals surface area contributed by atoms with E-state index in [0.717, 1.165) is 12.8 Å². The molecule has 0 aliphatic carbocycles. The van der Waals surface area contributed by atoms with Crippen molar-refractivity contribution in [2.24, 2.45) is 5.73 Å². The van der Waals surface area contributed by atoms with Gasteiger partial charge in [0.15, 0.2) is 0 Å². The van der Waals surface area contributed by atoms with Crippen molar-refractivity contribution < 1.29 is 0 Å². The number of benzene rings is 3. The summed E-state index contributed by atoms with van der Waals surface area (Å²) in [5, 5.41) is 0. The summed E-state index contributed by atoms with van der Waals surface area (Å²) in [7, 11) is 0. The number of hydrogen-bond acceptors (Lipinski definition) is 1. The Bertz CT molecular complexity index is 749. The predicted octanol–water partition coefficient (Wildman–Crippen LogP) is 5.36. The molecule has 3 aromatic rings. The maximum absolute atomic E-state index is 6.90. The van der Waals surface area contributed by atoms with Crippen LogP contribution in [0.4, 0.5) is 0 Å². The highest BCUT2D eigenvalue weighted by atomic mass is 14.7. The van der Waals surface area contributed by atoms with E-state index in [1.165, 1.54) is 22.3 Å². The van der Waals surface area contributed by atoms with E-state index in [2.05, 4.69) is 79.7 Å². The average molecular weight is 301 g/mol. The Morgan fingerprint density at radius 2 is 1.26 bits per heavy atom. The fourth-order valence-corrected chi connectivity index (χ4v) is 3.19. The van der Waals surface area contributed by atoms with E-state index in [0.29, 0.717) is 0 Å². The molecule has 2 N–H and O–H groups in total. The zero-order valence-corrected chi connectivity index (χ0v) is 13.6. The Balaban J connectivity index is 2.08. The Hall–Kier alpha value is -2.38. The van der Waals surface area contributed by atoms with Gasteiger partial charge in [-0.25, -0.2) is 0 Å². The average Bonchev–Trinajstić information content (AvgIpc) is 2.63. The van der Waals surface area contributed by atoms with Crippen LogP contribution >= 0.6 is 0 Å². The lowest BCUT2D eigenvalue weighted by Gasteiger charge is -2.31. The molecule has 0 amide bonds. The summed E-state index contributed by atoms with van der Waals surface area (Å²) in [4.78, 5) is 0. The maximum atomic E-state index is 6.90. The first-order valence-corrected chi connectivity index (χ1v) is 8.24. The number of hydrogen-bond donors (Lipinski definition) is 1. The molecular formula is C22H23N. The summed E-state index contributed by atoms with van der Waals surface area (Å²) < 4.78 is 0. The molecule has 1 heteroatoms. The molecule has 1 nitrogen and oxygen atoms in total. The second-order valence-corrected chi connectivity index (χ2v) is 6.03. The van der Waals surface area contributed by atoms with Crippen LogP contribution in [0.15, 0.2) is 84.9 Å². The normalized spacial score (nSPS) is 13.5. The summed E-state index contributed by atoms with van der Waals surface area (Å²) in [6.07, 6.45) is 1.97. The van der Waals surface area contributed by atoms with E-state index in [9.17, 15) is 0 Å². The van der Waals surface area contributed by atoms with Crippen molar-refractivity contribution in [3.8, 4) is 11.1 Å². The molecule has 0 saturated heterocycles. The quantitative estimate of drug-likeness (QED) is 0.675. The summed E-state index contributed by atoms with van der Waals surface area (Å²) in [5.41, 5.74) is 11.2. The first kappa shape index (κ1) is 15.5. The number of rotatable bonds is 5. The zero-order chi connectivity index (χ0) is 16.1. The highest BCUT2D eigenvalue weighted by molar-refractivity contribution is 5.64. The van der Waals surface area contributed by atoms with Gasteiger partial charge in [0, 0.05) is 0 Å². The molecule has 0 aliphatic rings. The third-order valence-electron chi connectivity index (χ3n) is 4.42. The van der Waals surface area contributed by atoms with Gasteiger partial charge in [0.25, 0.3) is 0 Å². The van der Waals surface area contributed by atoms with Crippen LogP contribution in [-0.2, 0) is 5.54 Å². The fraction of sp³-hybridized carbons (Fsp3) is 0.182. The number of nitrogens with two attached hydrogens (primary N) is 1. The minimum absolute atomic E-state index is 0.444. The van der Waals surface area contributed by atoms with Crippen molar-refractivity contribution >= 4 is 0 Å². The van der Waals surface area contributed by atoms with Gasteiger partial charge < -0.3 is 5.73 Å². The Labute approximate surface area is 138 Å². The summed E-state index contributed by atoms with van der Waals surface area (Å²) in [6, 6.07) is 29.5. The molecule has 0 aliphatic heterocycles. The van der Waals surface area contributed by atoms with Gasteiger partial charge in [0.1, 0.15) is 0 Å². The summed E-state index contributed by atoms with van der Waals surface area (Å²) >= 11 is 0. The molecule has 1 atom stereocenters. The van der Waals surface area contributed by atoms with Crippen molar-refractivity contribution in [1.29, 1.82) is 0 Å². The monoisotopic (exact) mass is 301 g/mol.